The van der Waals surface area contributed by atoms with Crippen LogP contribution in [-0.2, 0) is 9.84 Å². The van der Waals surface area contributed by atoms with Crippen molar-refractivity contribution in [3.63, 3.8) is 0 Å². The molecule has 0 amide bonds. The van der Waals surface area contributed by atoms with Crippen LogP contribution in [0.3, 0.4) is 0 Å². The molecule has 1 N–H and O–H groups in total. The number of hydrogen-bond donors (Lipinski definition) is 1. The third-order valence-electron chi connectivity index (χ3n) is 5.19. The molecule has 2 heterocycles. The maximum Gasteiger partial charge on any atom is 0.153 e. The Labute approximate surface area is 124 Å². The molecular formula is C15H30N2O2S. The zero-order chi connectivity index (χ0) is 15.0. The summed E-state index contributed by atoms with van der Waals surface area (Å²) in [5.41, 5.74) is 0. The minimum atomic E-state index is -3.01. The van der Waals surface area contributed by atoms with E-state index in [4.69, 9.17) is 0 Å². The number of piperidine rings is 2. The summed E-state index contributed by atoms with van der Waals surface area (Å²) in [4.78, 5) is 2.50. The fourth-order valence-corrected chi connectivity index (χ4v) is 4.13. The fraction of sp³-hybridized carbons (Fsp3) is 1.00. The second-order valence-electron chi connectivity index (χ2n) is 7.17. The Morgan fingerprint density at radius 3 is 2.20 bits per heavy atom. The van der Waals surface area contributed by atoms with Gasteiger partial charge in [-0.3, -0.25) is 4.90 Å². The number of hydrogen-bond acceptors (Lipinski definition) is 4. The van der Waals surface area contributed by atoms with Gasteiger partial charge in [-0.15, -0.1) is 0 Å². The predicted molar refractivity (Wildman–Crippen MR) is 83.8 cm³/mol. The molecule has 2 aliphatic heterocycles. The van der Waals surface area contributed by atoms with Gasteiger partial charge in [-0.25, -0.2) is 8.42 Å². The SMILES string of the molecule is CCNC1CC2CCCC(C1)N2CC(C)(C)S(C)(=O)=O. The molecule has 118 valence electrons. The Bertz CT molecular complexity index is 419. The fourth-order valence-electron chi connectivity index (χ4n) is 3.75. The summed E-state index contributed by atoms with van der Waals surface area (Å²) < 4.78 is 23.3. The Balaban J connectivity index is 2.09. The highest BCUT2D eigenvalue weighted by Gasteiger charge is 2.42. The van der Waals surface area contributed by atoms with Crippen LogP contribution in [0.25, 0.3) is 0 Å². The third kappa shape index (κ3) is 3.37. The molecule has 20 heavy (non-hydrogen) atoms. The summed E-state index contributed by atoms with van der Waals surface area (Å²) in [5.74, 6) is 0. The topological polar surface area (TPSA) is 49.4 Å². The van der Waals surface area contributed by atoms with E-state index in [1.165, 1.54) is 38.4 Å². The standard InChI is InChI=1S/C15H30N2O2S/c1-5-16-12-9-13-7-6-8-14(10-12)17(13)11-15(2,3)20(4,18)19/h12-14,16H,5-11H2,1-4H3. The molecule has 0 spiro atoms. The van der Waals surface area contributed by atoms with Crippen LogP contribution in [0.15, 0.2) is 0 Å². The molecule has 2 saturated heterocycles. The largest absolute Gasteiger partial charge is 0.314 e. The lowest BCUT2D eigenvalue weighted by atomic mass is 9.81. The number of rotatable bonds is 5. The van der Waals surface area contributed by atoms with Gasteiger partial charge in [0.1, 0.15) is 0 Å². The summed E-state index contributed by atoms with van der Waals surface area (Å²) in [6.07, 6.45) is 7.45. The van der Waals surface area contributed by atoms with Gasteiger partial charge in [-0.05, 0) is 46.1 Å². The molecule has 2 fully saturated rings. The molecule has 2 atom stereocenters. The highest BCUT2D eigenvalue weighted by Crippen LogP contribution is 2.36. The summed E-state index contributed by atoms with van der Waals surface area (Å²) in [6.45, 7) is 7.61. The van der Waals surface area contributed by atoms with Gasteiger partial charge in [-0.1, -0.05) is 13.3 Å². The maximum atomic E-state index is 12.0. The van der Waals surface area contributed by atoms with Crippen LogP contribution in [0.1, 0.15) is 52.9 Å². The monoisotopic (exact) mass is 302 g/mol. The van der Waals surface area contributed by atoms with Crippen molar-refractivity contribution in [1.29, 1.82) is 0 Å². The van der Waals surface area contributed by atoms with Gasteiger partial charge in [0.25, 0.3) is 0 Å². The molecule has 2 aliphatic rings. The van der Waals surface area contributed by atoms with Crippen LogP contribution in [0.2, 0.25) is 0 Å². The molecule has 0 radical (unpaired) electrons. The Morgan fingerprint density at radius 1 is 1.20 bits per heavy atom. The van der Waals surface area contributed by atoms with Crippen LogP contribution < -0.4 is 5.32 Å². The average molecular weight is 302 g/mol. The highest BCUT2D eigenvalue weighted by molar-refractivity contribution is 7.92. The van der Waals surface area contributed by atoms with E-state index < -0.39 is 14.6 Å². The van der Waals surface area contributed by atoms with Crippen molar-refractivity contribution in [1.82, 2.24) is 10.2 Å². The third-order valence-corrected chi connectivity index (χ3v) is 7.32. The Morgan fingerprint density at radius 2 is 1.75 bits per heavy atom. The van der Waals surface area contributed by atoms with Gasteiger partial charge in [0.2, 0.25) is 0 Å². The van der Waals surface area contributed by atoms with Crippen molar-refractivity contribution in [2.24, 2.45) is 0 Å². The lowest BCUT2D eigenvalue weighted by Gasteiger charge is -2.51. The van der Waals surface area contributed by atoms with Gasteiger partial charge in [0.05, 0.1) is 4.75 Å². The molecule has 0 aliphatic carbocycles. The van der Waals surface area contributed by atoms with E-state index in [-0.39, 0.29) is 0 Å². The second-order valence-corrected chi connectivity index (χ2v) is 9.82. The number of fused-ring (bicyclic) bond motifs is 2. The molecule has 2 rings (SSSR count). The summed E-state index contributed by atoms with van der Waals surface area (Å²) in [7, 11) is -3.01. The van der Waals surface area contributed by atoms with E-state index >= 15 is 0 Å². The Hall–Kier alpha value is -0.130. The maximum absolute atomic E-state index is 12.0. The number of sulfone groups is 1. The summed E-state index contributed by atoms with van der Waals surface area (Å²) in [5, 5.41) is 3.58. The van der Waals surface area contributed by atoms with Gasteiger partial charge < -0.3 is 5.32 Å². The zero-order valence-electron chi connectivity index (χ0n) is 13.4. The van der Waals surface area contributed by atoms with Crippen LogP contribution in [0.4, 0.5) is 0 Å². The van der Waals surface area contributed by atoms with Crippen LogP contribution in [0.5, 0.6) is 0 Å². The van der Waals surface area contributed by atoms with Crippen molar-refractivity contribution in [3.05, 3.63) is 0 Å². The van der Waals surface area contributed by atoms with Gasteiger partial charge in [0.15, 0.2) is 9.84 Å². The van der Waals surface area contributed by atoms with Gasteiger partial charge >= 0.3 is 0 Å². The summed E-state index contributed by atoms with van der Waals surface area (Å²) in [6, 6.07) is 1.74. The van der Waals surface area contributed by atoms with Crippen molar-refractivity contribution in [2.45, 2.75) is 75.7 Å². The predicted octanol–water partition coefficient (Wildman–Crippen LogP) is 1.80. The smallest absolute Gasteiger partial charge is 0.153 e. The van der Waals surface area contributed by atoms with Crippen molar-refractivity contribution < 1.29 is 8.42 Å². The van der Waals surface area contributed by atoms with E-state index in [9.17, 15) is 8.42 Å². The van der Waals surface area contributed by atoms with E-state index in [1.54, 1.807) is 0 Å². The van der Waals surface area contributed by atoms with Crippen LogP contribution >= 0.6 is 0 Å². The van der Waals surface area contributed by atoms with E-state index in [1.807, 2.05) is 13.8 Å². The average Bonchev–Trinajstić information content (AvgIpc) is 2.28. The first kappa shape index (κ1) is 16.2. The molecule has 2 unspecified atom stereocenters. The lowest BCUT2D eigenvalue weighted by Crippen LogP contribution is -2.60. The lowest BCUT2D eigenvalue weighted by molar-refractivity contribution is 0.0190. The van der Waals surface area contributed by atoms with E-state index in [0.29, 0.717) is 24.7 Å². The highest BCUT2D eigenvalue weighted by atomic mass is 32.2. The van der Waals surface area contributed by atoms with Gasteiger partial charge in [0, 0.05) is 30.9 Å². The van der Waals surface area contributed by atoms with Gasteiger partial charge in [-0.2, -0.15) is 0 Å². The zero-order valence-corrected chi connectivity index (χ0v) is 14.2. The molecule has 0 aromatic heterocycles. The molecule has 2 bridgehead atoms. The minimum Gasteiger partial charge on any atom is -0.314 e. The number of nitrogens with one attached hydrogen (secondary N) is 1. The van der Waals surface area contributed by atoms with E-state index in [2.05, 4.69) is 17.1 Å². The van der Waals surface area contributed by atoms with Crippen LogP contribution in [-0.4, -0.2) is 55.5 Å². The molecule has 0 saturated carbocycles. The van der Waals surface area contributed by atoms with Crippen molar-refractivity contribution >= 4 is 9.84 Å². The quantitative estimate of drug-likeness (QED) is 0.841. The molecule has 4 nitrogen and oxygen atoms in total. The molecule has 0 aromatic carbocycles. The van der Waals surface area contributed by atoms with E-state index in [0.717, 1.165) is 6.54 Å². The first-order valence-electron chi connectivity index (χ1n) is 7.93. The first-order valence-corrected chi connectivity index (χ1v) is 9.82. The van der Waals surface area contributed by atoms with Crippen molar-refractivity contribution in [3.8, 4) is 0 Å². The second kappa shape index (κ2) is 5.93. The van der Waals surface area contributed by atoms with Crippen LogP contribution in [0, 0.1) is 0 Å². The molecular weight excluding hydrogens is 272 g/mol. The molecule has 0 aromatic rings. The normalized spacial score (nSPS) is 32.3. The van der Waals surface area contributed by atoms with Crippen molar-refractivity contribution in [2.75, 3.05) is 19.3 Å². The summed E-state index contributed by atoms with van der Waals surface area (Å²) >= 11 is 0. The Kier molecular flexibility index (Phi) is 4.82. The molecule has 5 heteroatoms. The minimum absolute atomic E-state index is 0.563. The first-order chi connectivity index (χ1) is 9.24. The number of nitrogens with zero attached hydrogens (tertiary/aromatic N) is 1.